The third-order valence-corrected chi connectivity index (χ3v) is 5.55. The first kappa shape index (κ1) is 17.1. The number of piperidine rings is 1. The maximum Gasteiger partial charge on any atom is 0.257 e. The monoisotopic (exact) mass is 343 g/mol. The topological polar surface area (TPSA) is 45.2 Å². The van der Waals surface area contributed by atoms with Gasteiger partial charge in [-0.05, 0) is 56.3 Å². The van der Waals surface area contributed by atoms with Gasteiger partial charge in [0.05, 0.1) is 5.69 Å². The Morgan fingerprint density at radius 1 is 1.42 bits per heavy atom. The SMILES string of the molecule is Cc1cccc(C(=O)Nc2nc(CN3CCC[C@H](C)C3)cs2)c1C. The zero-order valence-corrected chi connectivity index (χ0v) is 15.4. The molecule has 1 amide bonds. The number of aromatic nitrogens is 1. The van der Waals surface area contributed by atoms with E-state index < -0.39 is 0 Å². The molecular weight excluding hydrogens is 318 g/mol. The molecule has 1 atom stereocenters. The average Bonchev–Trinajstić information content (AvgIpc) is 2.97. The van der Waals surface area contributed by atoms with E-state index >= 15 is 0 Å². The van der Waals surface area contributed by atoms with Crippen LogP contribution in [0.3, 0.4) is 0 Å². The van der Waals surface area contributed by atoms with Crippen molar-refractivity contribution >= 4 is 22.4 Å². The average molecular weight is 343 g/mol. The van der Waals surface area contributed by atoms with Gasteiger partial charge < -0.3 is 0 Å². The molecule has 5 heteroatoms. The molecule has 0 unspecified atom stereocenters. The number of carbonyl (C=O) groups is 1. The van der Waals surface area contributed by atoms with E-state index in [-0.39, 0.29) is 5.91 Å². The quantitative estimate of drug-likeness (QED) is 0.903. The summed E-state index contributed by atoms with van der Waals surface area (Å²) >= 11 is 1.50. The number of amides is 1. The van der Waals surface area contributed by atoms with E-state index in [2.05, 4.69) is 27.5 Å². The van der Waals surface area contributed by atoms with Gasteiger partial charge in [-0.2, -0.15) is 0 Å². The van der Waals surface area contributed by atoms with Crippen molar-refractivity contribution in [2.45, 2.75) is 40.2 Å². The first-order valence-corrected chi connectivity index (χ1v) is 9.45. The van der Waals surface area contributed by atoms with Crippen molar-refractivity contribution in [3.8, 4) is 0 Å². The van der Waals surface area contributed by atoms with Gasteiger partial charge in [0.25, 0.3) is 5.91 Å². The van der Waals surface area contributed by atoms with Gasteiger partial charge in [-0.15, -0.1) is 11.3 Å². The Bertz CT molecular complexity index is 725. The van der Waals surface area contributed by atoms with Crippen LogP contribution in [0, 0.1) is 19.8 Å². The minimum atomic E-state index is -0.0799. The third kappa shape index (κ3) is 4.02. The largest absolute Gasteiger partial charge is 0.298 e. The molecule has 24 heavy (non-hydrogen) atoms. The van der Waals surface area contributed by atoms with Crippen LogP contribution in [-0.2, 0) is 6.54 Å². The van der Waals surface area contributed by atoms with Crippen LogP contribution < -0.4 is 5.32 Å². The molecule has 0 radical (unpaired) electrons. The van der Waals surface area contributed by atoms with E-state index in [0.29, 0.717) is 5.13 Å². The molecule has 1 aliphatic heterocycles. The number of anilines is 1. The van der Waals surface area contributed by atoms with E-state index in [0.717, 1.165) is 47.9 Å². The molecule has 1 N–H and O–H groups in total. The summed E-state index contributed by atoms with van der Waals surface area (Å²) in [7, 11) is 0. The molecule has 1 saturated heterocycles. The van der Waals surface area contributed by atoms with Crippen LogP contribution in [0.25, 0.3) is 0 Å². The first-order chi connectivity index (χ1) is 11.5. The van der Waals surface area contributed by atoms with Gasteiger partial charge in [-0.3, -0.25) is 15.0 Å². The highest BCUT2D eigenvalue weighted by molar-refractivity contribution is 7.13. The fraction of sp³-hybridized carbons (Fsp3) is 0.474. The van der Waals surface area contributed by atoms with Gasteiger partial charge in [-0.25, -0.2) is 4.98 Å². The smallest absolute Gasteiger partial charge is 0.257 e. The maximum atomic E-state index is 12.5. The molecule has 4 nitrogen and oxygen atoms in total. The molecule has 1 aromatic heterocycles. The Morgan fingerprint density at radius 2 is 2.25 bits per heavy atom. The van der Waals surface area contributed by atoms with Gasteiger partial charge in [0, 0.05) is 24.0 Å². The number of nitrogens with one attached hydrogen (secondary N) is 1. The second-order valence-electron chi connectivity index (χ2n) is 6.83. The molecular formula is C19H25N3OS. The fourth-order valence-corrected chi connectivity index (χ4v) is 3.95. The van der Waals surface area contributed by atoms with Crippen LogP contribution in [0.5, 0.6) is 0 Å². The van der Waals surface area contributed by atoms with Gasteiger partial charge in [0.15, 0.2) is 5.13 Å². The van der Waals surface area contributed by atoms with Crippen molar-refractivity contribution in [1.82, 2.24) is 9.88 Å². The molecule has 1 aromatic carbocycles. The molecule has 2 aromatic rings. The molecule has 3 rings (SSSR count). The Hall–Kier alpha value is -1.72. The highest BCUT2D eigenvalue weighted by Crippen LogP contribution is 2.22. The first-order valence-electron chi connectivity index (χ1n) is 8.57. The lowest BCUT2D eigenvalue weighted by molar-refractivity contribution is 0.102. The lowest BCUT2D eigenvalue weighted by Gasteiger charge is -2.30. The van der Waals surface area contributed by atoms with E-state index in [9.17, 15) is 4.79 Å². The van der Waals surface area contributed by atoms with Crippen molar-refractivity contribution in [2.24, 2.45) is 5.92 Å². The summed E-state index contributed by atoms with van der Waals surface area (Å²) in [5, 5.41) is 5.68. The van der Waals surface area contributed by atoms with Crippen LogP contribution >= 0.6 is 11.3 Å². The van der Waals surface area contributed by atoms with E-state index in [1.165, 1.54) is 24.2 Å². The normalized spacial score (nSPS) is 18.5. The Balaban J connectivity index is 1.63. The minimum absolute atomic E-state index is 0.0799. The molecule has 1 aliphatic rings. The van der Waals surface area contributed by atoms with Crippen LogP contribution in [0.15, 0.2) is 23.6 Å². The number of hydrogen-bond donors (Lipinski definition) is 1. The van der Waals surface area contributed by atoms with Crippen molar-refractivity contribution in [2.75, 3.05) is 18.4 Å². The van der Waals surface area contributed by atoms with Gasteiger partial charge >= 0.3 is 0 Å². The lowest BCUT2D eigenvalue weighted by Crippen LogP contribution is -2.33. The number of carbonyl (C=O) groups excluding carboxylic acids is 1. The molecule has 1 fully saturated rings. The van der Waals surface area contributed by atoms with Crippen LogP contribution in [-0.4, -0.2) is 28.9 Å². The van der Waals surface area contributed by atoms with E-state index in [1.807, 2.05) is 32.0 Å². The van der Waals surface area contributed by atoms with Gasteiger partial charge in [0.2, 0.25) is 0 Å². The van der Waals surface area contributed by atoms with Crippen molar-refractivity contribution in [3.05, 3.63) is 46.0 Å². The van der Waals surface area contributed by atoms with E-state index in [4.69, 9.17) is 0 Å². The summed E-state index contributed by atoms with van der Waals surface area (Å²) in [5.41, 5.74) is 3.91. The van der Waals surface area contributed by atoms with Crippen LogP contribution in [0.2, 0.25) is 0 Å². The number of likely N-dealkylation sites (tertiary alicyclic amines) is 1. The number of aryl methyl sites for hydroxylation is 1. The second-order valence-corrected chi connectivity index (χ2v) is 7.69. The van der Waals surface area contributed by atoms with Gasteiger partial charge in [-0.1, -0.05) is 19.1 Å². The summed E-state index contributed by atoms with van der Waals surface area (Å²) in [6, 6.07) is 5.80. The number of rotatable bonds is 4. The van der Waals surface area contributed by atoms with Crippen molar-refractivity contribution in [1.29, 1.82) is 0 Å². The summed E-state index contributed by atoms with van der Waals surface area (Å²) < 4.78 is 0. The van der Waals surface area contributed by atoms with Crippen molar-refractivity contribution in [3.63, 3.8) is 0 Å². The Morgan fingerprint density at radius 3 is 3.04 bits per heavy atom. The number of benzene rings is 1. The predicted molar refractivity (Wildman–Crippen MR) is 99.7 cm³/mol. The molecule has 2 heterocycles. The highest BCUT2D eigenvalue weighted by Gasteiger charge is 2.18. The second kappa shape index (κ2) is 7.45. The number of hydrogen-bond acceptors (Lipinski definition) is 4. The molecule has 128 valence electrons. The highest BCUT2D eigenvalue weighted by atomic mass is 32.1. The summed E-state index contributed by atoms with van der Waals surface area (Å²) in [6.45, 7) is 9.47. The molecule has 0 spiro atoms. The molecule has 0 saturated carbocycles. The van der Waals surface area contributed by atoms with Gasteiger partial charge in [0.1, 0.15) is 0 Å². The Kier molecular flexibility index (Phi) is 5.31. The predicted octanol–water partition coefficient (Wildman–Crippen LogP) is 4.24. The standard InChI is InChI=1S/C19H25N3OS/c1-13-6-5-9-22(10-13)11-16-12-24-19(20-16)21-18(23)17-8-4-7-14(2)15(17)3/h4,7-8,12-13H,5-6,9-11H2,1-3H3,(H,20,21,23)/t13-/m0/s1. The maximum absolute atomic E-state index is 12.5. The van der Waals surface area contributed by atoms with Crippen molar-refractivity contribution < 1.29 is 4.79 Å². The molecule has 0 bridgehead atoms. The summed E-state index contributed by atoms with van der Waals surface area (Å²) in [5.74, 6) is 0.685. The summed E-state index contributed by atoms with van der Waals surface area (Å²) in [4.78, 5) is 19.5. The number of nitrogens with zero attached hydrogens (tertiary/aromatic N) is 2. The third-order valence-electron chi connectivity index (χ3n) is 4.75. The zero-order valence-electron chi connectivity index (χ0n) is 14.6. The lowest BCUT2D eigenvalue weighted by atomic mass is 10.0. The van der Waals surface area contributed by atoms with Crippen LogP contribution in [0.4, 0.5) is 5.13 Å². The number of thiazole rings is 1. The minimum Gasteiger partial charge on any atom is -0.298 e. The summed E-state index contributed by atoms with van der Waals surface area (Å²) in [6.07, 6.45) is 2.59. The fourth-order valence-electron chi connectivity index (χ4n) is 3.26. The Labute approximate surface area is 147 Å². The van der Waals surface area contributed by atoms with E-state index in [1.54, 1.807) is 0 Å². The van der Waals surface area contributed by atoms with Crippen LogP contribution in [0.1, 0.15) is 46.9 Å². The molecule has 0 aliphatic carbocycles. The zero-order chi connectivity index (χ0) is 17.1.